The number of rotatable bonds is 8. The average molecular weight is 512 g/mol. The van der Waals surface area contributed by atoms with Gasteiger partial charge in [0.15, 0.2) is 5.96 Å². The number of benzene rings is 1. The first-order valence-electron chi connectivity index (χ1n) is 9.77. The summed E-state index contributed by atoms with van der Waals surface area (Å²) in [5.74, 6) is 1.11. The number of nitrogens with zero attached hydrogens (tertiary/aromatic N) is 4. The first-order valence-corrected chi connectivity index (χ1v) is 9.77. The molecule has 0 saturated carbocycles. The van der Waals surface area contributed by atoms with E-state index in [0.717, 1.165) is 24.7 Å². The summed E-state index contributed by atoms with van der Waals surface area (Å²) in [6.45, 7) is 8.86. The van der Waals surface area contributed by atoms with E-state index in [9.17, 15) is 4.79 Å². The quantitative estimate of drug-likeness (QED) is 0.247. The highest BCUT2D eigenvalue weighted by Crippen LogP contribution is 2.18. The number of hydrogen-bond donors (Lipinski definition) is 2. The molecule has 0 saturated heterocycles. The lowest BCUT2D eigenvalue weighted by molar-refractivity contribution is 0.0955. The average Bonchev–Trinajstić information content (AvgIpc) is 3.05. The van der Waals surface area contributed by atoms with E-state index in [1.807, 2.05) is 43.9 Å². The Bertz CT molecular complexity index is 788. The van der Waals surface area contributed by atoms with Gasteiger partial charge in [0.25, 0.3) is 5.91 Å². The van der Waals surface area contributed by atoms with Crippen molar-refractivity contribution < 1.29 is 4.79 Å². The third kappa shape index (κ3) is 7.68. The highest BCUT2D eigenvalue weighted by atomic mass is 127. The molecule has 1 amide bonds. The van der Waals surface area contributed by atoms with Crippen LogP contribution in [-0.4, -0.2) is 53.2 Å². The molecule has 1 aromatic carbocycles. The van der Waals surface area contributed by atoms with Crippen LogP contribution in [0.15, 0.2) is 41.5 Å². The van der Waals surface area contributed by atoms with Crippen LogP contribution in [0.25, 0.3) is 0 Å². The number of halogens is 1. The maximum Gasteiger partial charge on any atom is 0.251 e. The Hall–Kier alpha value is -2.10. The van der Waals surface area contributed by atoms with Gasteiger partial charge in [-0.3, -0.25) is 14.5 Å². The molecule has 0 aliphatic carbocycles. The second kappa shape index (κ2) is 12.5. The van der Waals surface area contributed by atoms with Gasteiger partial charge < -0.3 is 15.5 Å². The van der Waals surface area contributed by atoms with Crippen molar-refractivity contribution in [1.82, 2.24) is 25.3 Å². The molecule has 0 atom stereocenters. The lowest BCUT2D eigenvalue weighted by Gasteiger charge is -2.22. The molecule has 2 aromatic rings. The monoisotopic (exact) mass is 512 g/mol. The minimum absolute atomic E-state index is 0. The molecule has 0 aliphatic rings. The van der Waals surface area contributed by atoms with Gasteiger partial charge in [-0.2, -0.15) is 5.10 Å². The smallest absolute Gasteiger partial charge is 0.251 e. The molecule has 8 heteroatoms. The highest BCUT2D eigenvalue weighted by molar-refractivity contribution is 14.0. The normalized spacial score (nSPS) is 11.2. The van der Waals surface area contributed by atoms with Crippen LogP contribution in [0.2, 0.25) is 0 Å². The molecular formula is C21H33IN6O. The fraction of sp³-hybridized carbons (Fsp3) is 0.476. The second-order valence-corrected chi connectivity index (χ2v) is 7.08. The molecule has 0 bridgehead atoms. The van der Waals surface area contributed by atoms with Gasteiger partial charge in [-0.15, -0.1) is 24.0 Å². The standard InChI is InChI=1S/C21H32N6O.HI/c1-6-22-21(24-13-12-23-20(28)17-10-8-7-9-11-17)26(4)14-18-15-27(5)25-19(18)16(2)3;/h7-11,15-16H,6,12-14H2,1-5H3,(H,22,24)(H,23,28);1H. The van der Waals surface area contributed by atoms with E-state index in [2.05, 4.69) is 45.7 Å². The minimum atomic E-state index is -0.0777. The van der Waals surface area contributed by atoms with Crippen LogP contribution in [0.1, 0.15) is 48.3 Å². The molecule has 29 heavy (non-hydrogen) atoms. The van der Waals surface area contributed by atoms with Gasteiger partial charge in [0.05, 0.1) is 12.2 Å². The Morgan fingerprint density at radius 1 is 1.24 bits per heavy atom. The Labute approximate surface area is 191 Å². The van der Waals surface area contributed by atoms with Crippen molar-refractivity contribution in [3.63, 3.8) is 0 Å². The molecule has 0 spiro atoms. The summed E-state index contributed by atoms with van der Waals surface area (Å²) < 4.78 is 1.86. The van der Waals surface area contributed by atoms with Gasteiger partial charge >= 0.3 is 0 Å². The summed E-state index contributed by atoms with van der Waals surface area (Å²) in [5, 5.41) is 10.8. The first-order chi connectivity index (χ1) is 13.4. The largest absolute Gasteiger partial charge is 0.357 e. The Morgan fingerprint density at radius 2 is 1.93 bits per heavy atom. The number of aryl methyl sites for hydroxylation is 1. The molecule has 1 heterocycles. The van der Waals surface area contributed by atoms with Gasteiger partial charge in [0.1, 0.15) is 0 Å². The molecule has 1 aromatic heterocycles. The topological polar surface area (TPSA) is 74.6 Å². The molecule has 0 fully saturated rings. The van der Waals surface area contributed by atoms with Crippen molar-refractivity contribution in [3.8, 4) is 0 Å². The van der Waals surface area contributed by atoms with E-state index >= 15 is 0 Å². The van der Waals surface area contributed by atoms with Gasteiger partial charge in [0.2, 0.25) is 0 Å². The van der Waals surface area contributed by atoms with Crippen molar-refractivity contribution in [3.05, 3.63) is 53.3 Å². The predicted molar refractivity (Wildman–Crippen MR) is 129 cm³/mol. The molecule has 0 unspecified atom stereocenters. The van der Waals surface area contributed by atoms with E-state index < -0.39 is 0 Å². The number of guanidine groups is 1. The lowest BCUT2D eigenvalue weighted by atomic mass is 10.1. The molecular weight excluding hydrogens is 479 g/mol. The van der Waals surface area contributed by atoms with E-state index in [1.165, 1.54) is 5.56 Å². The van der Waals surface area contributed by atoms with E-state index in [0.29, 0.717) is 24.6 Å². The third-order valence-corrected chi connectivity index (χ3v) is 4.28. The van der Waals surface area contributed by atoms with Crippen LogP contribution in [-0.2, 0) is 13.6 Å². The Morgan fingerprint density at radius 3 is 2.55 bits per heavy atom. The van der Waals surface area contributed by atoms with E-state index in [4.69, 9.17) is 0 Å². The Balaban J connectivity index is 0.00000420. The van der Waals surface area contributed by atoms with E-state index in [-0.39, 0.29) is 29.9 Å². The Kier molecular flexibility index (Phi) is 10.7. The zero-order valence-electron chi connectivity index (χ0n) is 18.0. The maximum atomic E-state index is 12.1. The summed E-state index contributed by atoms with van der Waals surface area (Å²) in [7, 11) is 3.96. The van der Waals surface area contributed by atoms with Crippen molar-refractivity contribution >= 4 is 35.8 Å². The highest BCUT2D eigenvalue weighted by Gasteiger charge is 2.15. The summed E-state index contributed by atoms with van der Waals surface area (Å²) in [6, 6.07) is 9.21. The van der Waals surface area contributed by atoms with Gasteiger partial charge in [-0.05, 0) is 25.0 Å². The minimum Gasteiger partial charge on any atom is -0.357 e. The summed E-state index contributed by atoms with van der Waals surface area (Å²) in [5.41, 5.74) is 2.97. The van der Waals surface area contributed by atoms with Gasteiger partial charge in [-0.1, -0.05) is 32.0 Å². The molecule has 0 aliphatic heterocycles. The third-order valence-electron chi connectivity index (χ3n) is 4.28. The molecule has 7 nitrogen and oxygen atoms in total. The number of aromatic nitrogens is 2. The molecule has 2 rings (SSSR count). The first kappa shape index (κ1) is 24.9. The second-order valence-electron chi connectivity index (χ2n) is 7.08. The van der Waals surface area contributed by atoms with Crippen LogP contribution in [0.3, 0.4) is 0 Å². The van der Waals surface area contributed by atoms with Crippen molar-refractivity contribution in [2.45, 2.75) is 33.2 Å². The van der Waals surface area contributed by atoms with Crippen molar-refractivity contribution in [1.29, 1.82) is 0 Å². The number of carbonyl (C=O) groups is 1. The molecule has 2 N–H and O–H groups in total. The van der Waals surface area contributed by atoms with Gasteiger partial charge in [-0.25, -0.2) is 0 Å². The molecule has 160 valence electrons. The van der Waals surface area contributed by atoms with Crippen LogP contribution in [0.4, 0.5) is 0 Å². The van der Waals surface area contributed by atoms with Crippen LogP contribution in [0.5, 0.6) is 0 Å². The molecule has 0 radical (unpaired) electrons. The number of carbonyl (C=O) groups excluding carboxylic acids is 1. The number of hydrogen-bond acceptors (Lipinski definition) is 3. The van der Waals surface area contributed by atoms with Gasteiger partial charge in [0, 0.05) is 51.1 Å². The fourth-order valence-electron chi connectivity index (χ4n) is 2.99. The van der Waals surface area contributed by atoms with Crippen LogP contribution < -0.4 is 10.6 Å². The predicted octanol–water partition coefficient (Wildman–Crippen LogP) is 2.99. The van der Waals surface area contributed by atoms with Crippen molar-refractivity contribution in [2.24, 2.45) is 12.0 Å². The zero-order chi connectivity index (χ0) is 20.5. The SMILES string of the molecule is CCNC(=NCCNC(=O)c1ccccc1)N(C)Cc1cn(C)nc1C(C)C.I. The lowest BCUT2D eigenvalue weighted by Crippen LogP contribution is -2.39. The zero-order valence-corrected chi connectivity index (χ0v) is 20.3. The van der Waals surface area contributed by atoms with Crippen LogP contribution >= 0.6 is 24.0 Å². The number of nitrogens with one attached hydrogen (secondary N) is 2. The van der Waals surface area contributed by atoms with Crippen LogP contribution in [0, 0.1) is 0 Å². The fourth-order valence-corrected chi connectivity index (χ4v) is 2.99. The number of aliphatic imine (C=N–C) groups is 1. The number of amides is 1. The van der Waals surface area contributed by atoms with E-state index in [1.54, 1.807) is 12.1 Å². The maximum absolute atomic E-state index is 12.1. The van der Waals surface area contributed by atoms with Crippen molar-refractivity contribution in [2.75, 3.05) is 26.7 Å². The summed E-state index contributed by atoms with van der Waals surface area (Å²) in [6.07, 6.45) is 2.06. The summed E-state index contributed by atoms with van der Waals surface area (Å²) >= 11 is 0. The summed E-state index contributed by atoms with van der Waals surface area (Å²) in [4.78, 5) is 18.8.